The van der Waals surface area contributed by atoms with Crippen molar-refractivity contribution in [3.05, 3.63) is 35.4 Å². The van der Waals surface area contributed by atoms with Crippen LogP contribution in [0.1, 0.15) is 11.1 Å². The molecule has 0 saturated heterocycles. The van der Waals surface area contributed by atoms with Crippen molar-refractivity contribution in [1.29, 1.82) is 0 Å². The van der Waals surface area contributed by atoms with Crippen LogP contribution in [-0.2, 0) is 12.5 Å². The minimum atomic E-state index is -4.35. The molecule has 0 fully saturated rings. The molecule has 6 heteroatoms. The van der Waals surface area contributed by atoms with Gasteiger partial charge in [-0.3, -0.25) is 0 Å². The SMILES string of the molecule is OB(O)Cc1ccc(C(F)(F)F)cc1. The first-order valence-corrected chi connectivity index (χ1v) is 3.92. The van der Waals surface area contributed by atoms with Crippen LogP contribution in [0.2, 0.25) is 0 Å². The summed E-state index contributed by atoms with van der Waals surface area (Å²) in [4.78, 5) is 0. The Labute approximate surface area is 79.1 Å². The lowest BCUT2D eigenvalue weighted by atomic mass is 9.82. The summed E-state index contributed by atoms with van der Waals surface area (Å²) in [6, 6.07) is 4.28. The first-order valence-electron chi connectivity index (χ1n) is 3.92. The van der Waals surface area contributed by atoms with E-state index in [1.165, 1.54) is 12.1 Å². The molecule has 0 atom stereocenters. The summed E-state index contributed by atoms with van der Waals surface area (Å²) in [7, 11) is -1.54. The van der Waals surface area contributed by atoms with Crippen LogP contribution in [0, 0.1) is 0 Å². The summed E-state index contributed by atoms with van der Waals surface area (Å²) in [5, 5.41) is 17.1. The predicted molar refractivity (Wildman–Crippen MR) is 45.3 cm³/mol. The van der Waals surface area contributed by atoms with Gasteiger partial charge in [-0.1, -0.05) is 12.1 Å². The largest absolute Gasteiger partial charge is 0.456 e. The van der Waals surface area contributed by atoms with Gasteiger partial charge in [0.15, 0.2) is 0 Å². The quantitative estimate of drug-likeness (QED) is 0.711. The van der Waals surface area contributed by atoms with Crippen molar-refractivity contribution in [2.24, 2.45) is 0 Å². The molecule has 2 N–H and O–H groups in total. The van der Waals surface area contributed by atoms with Crippen molar-refractivity contribution in [3.63, 3.8) is 0 Å². The number of benzene rings is 1. The summed E-state index contributed by atoms with van der Waals surface area (Å²) in [6.07, 6.45) is -4.42. The van der Waals surface area contributed by atoms with Crippen LogP contribution < -0.4 is 0 Å². The highest BCUT2D eigenvalue weighted by molar-refractivity contribution is 6.40. The highest BCUT2D eigenvalue weighted by Crippen LogP contribution is 2.29. The van der Waals surface area contributed by atoms with Crippen LogP contribution in [0.5, 0.6) is 0 Å². The Bertz CT molecular complexity index is 294. The summed E-state index contributed by atoms with van der Waals surface area (Å²) in [5.41, 5.74) is -0.290. The lowest BCUT2D eigenvalue weighted by Crippen LogP contribution is -2.15. The van der Waals surface area contributed by atoms with E-state index in [1.807, 2.05) is 0 Å². The predicted octanol–water partition coefficient (Wildman–Crippen LogP) is 1.26. The van der Waals surface area contributed by atoms with Crippen LogP contribution in [0.4, 0.5) is 13.2 Å². The van der Waals surface area contributed by atoms with Crippen molar-refractivity contribution >= 4 is 7.12 Å². The van der Waals surface area contributed by atoms with Crippen LogP contribution in [0.15, 0.2) is 24.3 Å². The van der Waals surface area contributed by atoms with Crippen LogP contribution in [0.25, 0.3) is 0 Å². The Hall–Kier alpha value is -1.01. The molecular weight excluding hydrogens is 196 g/mol. The first kappa shape index (κ1) is 11.1. The van der Waals surface area contributed by atoms with E-state index in [0.29, 0.717) is 5.56 Å². The van der Waals surface area contributed by atoms with Gasteiger partial charge >= 0.3 is 13.3 Å². The van der Waals surface area contributed by atoms with E-state index in [2.05, 4.69) is 0 Å². The molecule has 0 aliphatic rings. The molecule has 0 unspecified atom stereocenters. The average molecular weight is 204 g/mol. The zero-order valence-corrected chi connectivity index (χ0v) is 7.12. The number of halogens is 3. The molecule has 1 aromatic carbocycles. The number of hydrogen-bond donors (Lipinski definition) is 2. The highest BCUT2D eigenvalue weighted by Gasteiger charge is 2.29. The molecule has 76 valence electrons. The van der Waals surface area contributed by atoms with E-state index in [1.54, 1.807) is 0 Å². The molecule has 0 aromatic heterocycles. The fourth-order valence-corrected chi connectivity index (χ4v) is 1.04. The van der Waals surface area contributed by atoms with E-state index < -0.39 is 18.9 Å². The molecule has 1 rings (SSSR count). The topological polar surface area (TPSA) is 40.5 Å². The number of rotatable bonds is 2. The van der Waals surface area contributed by atoms with Gasteiger partial charge in [0.05, 0.1) is 5.56 Å². The smallest absolute Gasteiger partial charge is 0.427 e. The summed E-state index contributed by atoms with van der Waals surface area (Å²) in [5.74, 6) is 0. The van der Waals surface area contributed by atoms with Gasteiger partial charge in [0.1, 0.15) is 0 Å². The Balaban J connectivity index is 2.79. The van der Waals surface area contributed by atoms with Gasteiger partial charge in [0, 0.05) is 6.32 Å². The van der Waals surface area contributed by atoms with E-state index >= 15 is 0 Å². The zero-order chi connectivity index (χ0) is 10.8. The molecule has 0 heterocycles. The average Bonchev–Trinajstić information content (AvgIpc) is 2.02. The second-order valence-corrected chi connectivity index (χ2v) is 2.88. The molecule has 1 aromatic rings. The maximum absolute atomic E-state index is 12.1. The maximum Gasteiger partial charge on any atom is 0.456 e. The fourth-order valence-electron chi connectivity index (χ4n) is 1.04. The van der Waals surface area contributed by atoms with Crippen LogP contribution in [-0.4, -0.2) is 17.2 Å². The molecule has 0 saturated carbocycles. The minimum Gasteiger partial charge on any atom is -0.427 e. The zero-order valence-electron chi connectivity index (χ0n) is 7.12. The van der Waals surface area contributed by atoms with E-state index in [9.17, 15) is 13.2 Å². The van der Waals surface area contributed by atoms with Crippen molar-refractivity contribution in [1.82, 2.24) is 0 Å². The second-order valence-electron chi connectivity index (χ2n) is 2.88. The van der Waals surface area contributed by atoms with Crippen LogP contribution >= 0.6 is 0 Å². The number of hydrogen-bond acceptors (Lipinski definition) is 2. The molecule has 2 nitrogen and oxygen atoms in total. The van der Waals surface area contributed by atoms with E-state index in [0.717, 1.165) is 12.1 Å². The standard InChI is InChI=1S/C8H8BF3O2/c10-8(11,12)7-3-1-6(2-4-7)5-9(13)14/h1-4,13-14H,5H2. The van der Waals surface area contributed by atoms with Gasteiger partial charge in [-0.15, -0.1) is 0 Å². The van der Waals surface area contributed by atoms with Crippen molar-refractivity contribution in [2.75, 3.05) is 0 Å². The van der Waals surface area contributed by atoms with E-state index in [4.69, 9.17) is 10.0 Å². The minimum absolute atomic E-state index is 0.0713. The Morgan fingerprint density at radius 1 is 1.07 bits per heavy atom. The van der Waals surface area contributed by atoms with Crippen molar-refractivity contribution in [3.8, 4) is 0 Å². The van der Waals surface area contributed by atoms with E-state index in [-0.39, 0.29) is 6.32 Å². The number of alkyl halides is 3. The Morgan fingerprint density at radius 2 is 1.57 bits per heavy atom. The molecule has 0 aliphatic carbocycles. The lowest BCUT2D eigenvalue weighted by Gasteiger charge is -2.07. The van der Waals surface area contributed by atoms with Gasteiger partial charge in [0.25, 0.3) is 0 Å². The van der Waals surface area contributed by atoms with Crippen molar-refractivity contribution in [2.45, 2.75) is 12.5 Å². The van der Waals surface area contributed by atoms with Gasteiger partial charge in [-0.25, -0.2) is 0 Å². The highest BCUT2D eigenvalue weighted by atomic mass is 19.4. The summed E-state index contributed by atoms with van der Waals surface area (Å²) < 4.78 is 36.2. The molecule has 14 heavy (non-hydrogen) atoms. The normalized spacial score (nSPS) is 11.5. The maximum atomic E-state index is 12.1. The Kier molecular flexibility index (Phi) is 3.18. The second kappa shape index (κ2) is 4.02. The fraction of sp³-hybridized carbons (Fsp3) is 0.250. The van der Waals surface area contributed by atoms with Gasteiger partial charge in [-0.2, -0.15) is 13.2 Å². The van der Waals surface area contributed by atoms with Crippen molar-refractivity contribution < 1.29 is 23.2 Å². The third-order valence-corrected chi connectivity index (χ3v) is 1.70. The summed E-state index contributed by atoms with van der Waals surface area (Å²) >= 11 is 0. The third-order valence-electron chi connectivity index (χ3n) is 1.70. The third kappa shape index (κ3) is 3.04. The lowest BCUT2D eigenvalue weighted by molar-refractivity contribution is -0.137. The monoisotopic (exact) mass is 204 g/mol. The van der Waals surface area contributed by atoms with Gasteiger partial charge in [0.2, 0.25) is 0 Å². The molecule has 0 radical (unpaired) electrons. The molecular formula is C8H8BF3O2. The van der Waals surface area contributed by atoms with Crippen LogP contribution in [0.3, 0.4) is 0 Å². The molecule has 0 spiro atoms. The summed E-state index contributed by atoms with van der Waals surface area (Å²) in [6.45, 7) is 0. The molecule has 0 aliphatic heterocycles. The molecule has 0 amide bonds. The molecule has 0 bridgehead atoms. The van der Waals surface area contributed by atoms with Gasteiger partial charge in [-0.05, 0) is 17.7 Å². The Morgan fingerprint density at radius 3 is 1.93 bits per heavy atom. The van der Waals surface area contributed by atoms with Gasteiger partial charge < -0.3 is 10.0 Å². The first-order chi connectivity index (χ1) is 6.39.